The molecule has 0 spiro atoms. The zero-order valence-electron chi connectivity index (χ0n) is 21.2. The fourth-order valence-electron chi connectivity index (χ4n) is 3.27. The van der Waals surface area contributed by atoms with E-state index in [0.717, 1.165) is 16.9 Å². The Balaban J connectivity index is 2.03. The van der Waals surface area contributed by atoms with Gasteiger partial charge in [-0.3, -0.25) is 0 Å². The Kier molecular flexibility index (Phi) is 11.1. The number of hydrogen-bond acceptors (Lipinski definition) is 5. The molecule has 0 bridgehead atoms. The van der Waals surface area contributed by atoms with E-state index in [9.17, 15) is 5.11 Å². The molecule has 0 aliphatic carbocycles. The molecule has 2 aromatic rings. The fraction of sp³-hybridized carbons (Fsp3) is 0.556. The number of aliphatic hydroxyl groups excluding tert-OH is 1. The second-order valence-electron chi connectivity index (χ2n) is 10.0. The molecule has 6 heteroatoms. The van der Waals surface area contributed by atoms with E-state index >= 15 is 0 Å². The molecule has 2 atom stereocenters. The fourth-order valence-corrected chi connectivity index (χ4v) is 4.62. The van der Waals surface area contributed by atoms with E-state index in [1.54, 1.807) is 7.11 Å². The summed E-state index contributed by atoms with van der Waals surface area (Å²) in [7, 11) is -0.337. The van der Waals surface area contributed by atoms with Crippen LogP contribution in [0.1, 0.15) is 44.7 Å². The van der Waals surface area contributed by atoms with Crippen molar-refractivity contribution < 1.29 is 23.7 Å². The van der Waals surface area contributed by atoms with Gasteiger partial charge in [0, 0.05) is 13.0 Å². The molecule has 0 aliphatic heterocycles. The van der Waals surface area contributed by atoms with Crippen LogP contribution >= 0.6 is 0 Å². The van der Waals surface area contributed by atoms with E-state index in [1.165, 1.54) is 0 Å². The summed E-state index contributed by atoms with van der Waals surface area (Å²) in [6, 6.07) is 18.0. The van der Waals surface area contributed by atoms with Gasteiger partial charge in [-0.2, -0.15) is 0 Å². The van der Waals surface area contributed by atoms with E-state index in [1.807, 2.05) is 42.5 Å². The lowest BCUT2D eigenvalue weighted by Gasteiger charge is -2.40. The monoisotopic (exact) mass is 474 g/mol. The molecule has 33 heavy (non-hydrogen) atoms. The van der Waals surface area contributed by atoms with Crippen LogP contribution in [0.25, 0.3) is 0 Å². The van der Waals surface area contributed by atoms with Crippen LogP contribution in [0.3, 0.4) is 0 Å². The van der Waals surface area contributed by atoms with E-state index in [-0.39, 0.29) is 23.9 Å². The van der Waals surface area contributed by atoms with Gasteiger partial charge in [-0.1, -0.05) is 63.2 Å². The Morgan fingerprint density at radius 3 is 2.09 bits per heavy atom. The van der Waals surface area contributed by atoms with Crippen molar-refractivity contribution in [1.82, 2.24) is 0 Å². The van der Waals surface area contributed by atoms with Crippen molar-refractivity contribution >= 4 is 8.32 Å². The molecule has 0 aromatic heterocycles. The summed E-state index contributed by atoms with van der Waals surface area (Å²) in [5.74, 6) is 0.834. The van der Waals surface area contributed by atoms with Gasteiger partial charge >= 0.3 is 0 Å². The minimum absolute atomic E-state index is 0.0823. The molecule has 0 saturated heterocycles. The van der Waals surface area contributed by atoms with Crippen molar-refractivity contribution in [2.24, 2.45) is 0 Å². The van der Waals surface area contributed by atoms with Gasteiger partial charge in [0.1, 0.15) is 5.75 Å². The molecule has 2 rings (SSSR count). The highest BCUT2D eigenvalue weighted by Crippen LogP contribution is 2.38. The van der Waals surface area contributed by atoms with Gasteiger partial charge in [0.25, 0.3) is 0 Å². The molecule has 0 heterocycles. The first kappa shape index (κ1) is 27.5. The Hall–Kier alpha value is -1.70. The second kappa shape index (κ2) is 13.3. The Morgan fingerprint density at radius 2 is 1.52 bits per heavy atom. The first-order chi connectivity index (χ1) is 15.6. The van der Waals surface area contributed by atoms with Crippen LogP contribution < -0.4 is 4.74 Å². The number of rotatable bonds is 14. The number of aliphatic hydroxyl groups is 1. The Morgan fingerprint density at radius 1 is 0.879 bits per heavy atom. The van der Waals surface area contributed by atoms with E-state index < -0.39 is 8.32 Å². The summed E-state index contributed by atoms with van der Waals surface area (Å²) < 4.78 is 24.3. The predicted octanol–water partition coefficient (Wildman–Crippen LogP) is 5.96. The van der Waals surface area contributed by atoms with Crippen molar-refractivity contribution in [3.63, 3.8) is 0 Å². The summed E-state index contributed by atoms with van der Waals surface area (Å²) in [5.41, 5.74) is 2.21. The summed E-state index contributed by atoms with van der Waals surface area (Å²) in [6.45, 7) is 12.8. The Bertz CT molecular complexity index is 786. The zero-order chi connectivity index (χ0) is 24.3. The van der Waals surface area contributed by atoms with Crippen LogP contribution in [0.4, 0.5) is 0 Å². The van der Waals surface area contributed by atoms with E-state index in [0.29, 0.717) is 32.7 Å². The third kappa shape index (κ3) is 9.59. The van der Waals surface area contributed by atoms with Crippen molar-refractivity contribution in [2.45, 2.75) is 77.2 Å². The number of benzene rings is 2. The minimum Gasteiger partial charge on any atom is -0.497 e. The van der Waals surface area contributed by atoms with Gasteiger partial charge in [-0.05, 0) is 47.8 Å². The largest absolute Gasteiger partial charge is 0.497 e. The van der Waals surface area contributed by atoms with Crippen molar-refractivity contribution in [2.75, 3.05) is 20.3 Å². The topological polar surface area (TPSA) is 57.2 Å². The molecule has 0 amide bonds. The maximum Gasteiger partial charge on any atom is 0.192 e. The molecular weight excluding hydrogens is 432 g/mol. The Labute approximate surface area is 201 Å². The lowest BCUT2D eigenvalue weighted by atomic mass is 10.1. The number of ether oxygens (including phenoxy) is 3. The molecule has 184 valence electrons. The smallest absolute Gasteiger partial charge is 0.192 e. The lowest BCUT2D eigenvalue weighted by molar-refractivity contribution is -0.0310. The summed E-state index contributed by atoms with van der Waals surface area (Å²) in [5, 5.41) is 9.72. The van der Waals surface area contributed by atoms with Crippen molar-refractivity contribution in [3.05, 3.63) is 65.7 Å². The number of methoxy groups -OCH3 is 1. The molecule has 1 N–H and O–H groups in total. The van der Waals surface area contributed by atoms with Crippen molar-refractivity contribution in [1.29, 1.82) is 0 Å². The van der Waals surface area contributed by atoms with Gasteiger partial charge in [-0.25, -0.2) is 0 Å². The standard InChI is InChI=1S/C27H42O5Si/c1-27(2,3)33(5,6)32-26(21-30-19-23-12-14-24(29-4)15-13-23)18-25(16-17-28)31-20-22-10-8-7-9-11-22/h7-15,25-26,28H,16-21H2,1-6H3/t25-,26-/m1/s1. The van der Waals surface area contributed by atoms with Crippen LogP contribution in [-0.4, -0.2) is 46.0 Å². The summed E-state index contributed by atoms with van der Waals surface area (Å²) >= 11 is 0. The van der Waals surface area contributed by atoms with Crippen LogP contribution in [0.2, 0.25) is 18.1 Å². The van der Waals surface area contributed by atoms with Gasteiger partial charge in [0.15, 0.2) is 8.32 Å². The van der Waals surface area contributed by atoms with Crippen molar-refractivity contribution in [3.8, 4) is 5.75 Å². The number of hydrogen-bond donors (Lipinski definition) is 1. The molecule has 0 unspecified atom stereocenters. The highest BCUT2D eigenvalue weighted by atomic mass is 28.4. The maximum absolute atomic E-state index is 9.62. The molecule has 2 aromatic carbocycles. The molecule has 0 fully saturated rings. The van der Waals surface area contributed by atoms with Crippen LogP contribution in [-0.2, 0) is 27.1 Å². The molecule has 0 radical (unpaired) electrons. The first-order valence-corrected chi connectivity index (χ1v) is 14.7. The third-order valence-electron chi connectivity index (χ3n) is 6.30. The van der Waals surface area contributed by atoms with Gasteiger partial charge in [-0.15, -0.1) is 0 Å². The molecule has 0 saturated carbocycles. The highest BCUT2D eigenvalue weighted by molar-refractivity contribution is 6.74. The second-order valence-corrected chi connectivity index (χ2v) is 14.8. The van der Waals surface area contributed by atoms with E-state index in [4.69, 9.17) is 18.6 Å². The SMILES string of the molecule is COc1ccc(COC[C@@H](C[C@@H](CCO)OCc2ccccc2)O[Si](C)(C)C(C)(C)C)cc1. The molecule has 5 nitrogen and oxygen atoms in total. The third-order valence-corrected chi connectivity index (χ3v) is 10.8. The zero-order valence-corrected chi connectivity index (χ0v) is 22.2. The average molecular weight is 475 g/mol. The summed E-state index contributed by atoms with van der Waals surface area (Å²) in [4.78, 5) is 0. The van der Waals surface area contributed by atoms with Crippen LogP contribution in [0, 0.1) is 0 Å². The predicted molar refractivity (Wildman–Crippen MR) is 136 cm³/mol. The van der Waals surface area contributed by atoms with Gasteiger partial charge in [0.05, 0.1) is 39.1 Å². The normalized spacial score (nSPS) is 14.2. The molecular formula is C27H42O5Si. The quantitative estimate of drug-likeness (QED) is 0.342. The first-order valence-electron chi connectivity index (χ1n) is 11.8. The van der Waals surface area contributed by atoms with Gasteiger partial charge in [0.2, 0.25) is 0 Å². The van der Waals surface area contributed by atoms with Crippen LogP contribution in [0.15, 0.2) is 54.6 Å². The van der Waals surface area contributed by atoms with Crippen LogP contribution in [0.5, 0.6) is 5.75 Å². The average Bonchev–Trinajstić information content (AvgIpc) is 2.77. The molecule has 0 aliphatic rings. The van der Waals surface area contributed by atoms with Gasteiger partial charge < -0.3 is 23.7 Å². The highest BCUT2D eigenvalue weighted by Gasteiger charge is 2.39. The minimum atomic E-state index is -2.00. The lowest BCUT2D eigenvalue weighted by Crippen LogP contribution is -2.46. The summed E-state index contributed by atoms with van der Waals surface area (Å²) in [6.07, 6.45) is 1.05. The van der Waals surface area contributed by atoms with E-state index in [2.05, 4.69) is 46.0 Å². The maximum atomic E-state index is 9.62.